The van der Waals surface area contributed by atoms with Crippen LogP contribution in [-0.2, 0) is 20.9 Å². The lowest BCUT2D eigenvalue weighted by Crippen LogP contribution is -2.57. The summed E-state index contributed by atoms with van der Waals surface area (Å²) in [5.74, 6) is -8.24. The fourth-order valence-corrected chi connectivity index (χ4v) is 6.22. The zero-order valence-electron chi connectivity index (χ0n) is 27.7. The first-order chi connectivity index (χ1) is 22.2. The third-order valence-corrected chi connectivity index (χ3v) is 9.39. The summed E-state index contributed by atoms with van der Waals surface area (Å²) >= 11 is 0. The lowest BCUT2D eigenvalue weighted by molar-refractivity contribution is -0.148. The Labute approximate surface area is 273 Å². The quantitative estimate of drug-likeness (QED) is 0.338. The van der Waals surface area contributed by atoms with E-state index in [4.69, 9.17) is 0 Å². The molecule has 3 atom stereocenters. The average molecular weight is 662 g/mol. The third kappa shape index (κ3) is 8.91. The highest BCUT2D eigenvalue weighted by atomic mass is 19.3. The van der Waals surface area contributed by atoms with Crippen LogP contribution < -0.4 is 16.0 Å². The van der Waals surface area contributed by atoms with Gasteiger partial charge in [0.15, 0.2) is 0 Å². The number of hydrogen-bond acceptors (Lipinski definition) is 6. The molecule has 47 heavy (non-hydrogen) atoms. The molecular formula is C33H46F3N7O4. The summed E-state index contributed by atoms with van der Waals surface area (Å²) in [6.45, 7) is 8.33. The Bertz CT molecular complexity index is 1430. The summed E-state index contributed by atoms with van der Waals surface area (Å²) in [4.78, 5) is 56.2. The minimum atomic E-state index is -3.72. The van der Waals surface area contributed by atoms with Gasteiger partial charge in [-0.05, 0) is 62.4 Å². The van der Waals surface area contributed by atoms with Crippen LogP contribution in [0, 0.1) is 17.7 Å². The summed E-state index contributed by atoms with van der Waals surface area (Å²) in [5, 5.41) is 11.8. The zero-order valence-corrected chi connectivity index (χ0v) is 27.7. The molecule has 0 bridgehead atoms. The molecule has 2 fully saturated rings. The fourth-order valence-electron chi connectivity index (χ4n) is 6.22. The van der Waals surface area contributed by atoms with Gasteiger partial charge in [-0.1, -0.05) is 32.8 Å². The number of rotatable bonds is 11. The number of carbonyl (C=O) groups is 4. The van der Waals surface area contributed by atoms with E-state index in [1.165, 1.54) is 27.9 Å². The van der Waals surface area contributed by atoms with Gasteiger partial charge < -0.3 is 25.8 Å². The van der Waals surface area contributed by atoms with E-state index < -0.39 is 53.4 Å². The number of nitrogens with one attached hydrogen (secondary N) is 3. The highest BCUT2D eigenvalue weighted by Crippen LogP contribution is 2.32. The monoisotopic (exact) mass is 661 g/mol. The highest BCUT2D eigenvalue weighted by Gasteiger charge is 2.40. The Morgan fingerprint density at radius 2 is 1.68 bits per heavy atom. The Hall–Kier alpha value is -3.94. The van der Waals surface area contributed by atoms with Gasteiger partial charge in [0.1, 0.15) is 23.6 Å². The van der Waals surface area contributed by atoms with Crippen LogP contribution in [0.1, 0.15) is 75.3 Å². The molecule has 0 spiro atoms. The number of piperazine rings is 1. The molecule has 1 saturated carbocycles. The van der Waals surface area contributed by atoms with Crippen molar-refractivity contribution in [2.45, 2.75) is 83.8 Å². The number of amides is 4. The largest absolute Gasteiger partial charge is 0.339 e. The molecule has 1 aromatic heterocycles. The van der Waals surface area contributed by atoms with E-state index in [1.807, 2.05) is 18.9 Å². The highest BCUT2D eigenvalue weighted by molar-refractivity contribution is 6.00. The smallest absolute Gasteiger partial charge is 0.321 e. The summed E-state index contributed by atoms with van der Waals surface area (Å²) in [7, 11) is 1.90. The van der Waals surface area contributed by atoms with E-state index in [0.29, 0.717) is 51.3 Å². The van der Waals surface area contributed by atoms with E-state index in [-0.39, 0.29) is 17.2 Å². The molecule has 0 radical (unpaired) electrons. The predicted molar refractivity (Wildman–Crippen MR) is 170 cm³/mol. The fraction of sp³-hybridized carbons (Fsp3) is 0.606. The van der Waals surface area contributed by atoms with Crippen molar-refractivity contribution in [1.29, 1.82) is 0 Å². The molecule has 4 amide bonds. The van der Waals surface area contributed by atoms with Crippen LogP contribution in [0.2, 0.25) is 0 Å². The van der Waals surface area contributed by atoms with Crippen molar-refractivity contribution in [3.63, 3.8) is 0 Å². The molecule has 1 aliphatic carbocycles. The molecule has 3 N–H and O–H groups in total. The first-order valence-corrected chi connectivity index (χ1v) is 16.3. The summed E-state index contributed by atoms with van der Waals surface area (Å²) < 4.78 is 44.9. The maximum absolute atomic E-state index is 15.6. The number of benzene rings is 1. The number of anilines is 1. The summed E-state index contributed by atoms with van der Waals surface area (Å²) in [6, 6.07) is 3.21. The van der Waals surface area contributed by atoms with Crippen molar-refractivity contribution >= 4 is 29.3 Å². The Morgan fingerprint density at radius 3 is 2.28 bits per heavy atom. The molecule has 2 aromatic rings. The van der Waals surface area contributed by atoms with Crippen molar-refractivity contribution in [1.82, 2.24) is 30.2 Å². The van der Waals surface area contributed by atoms with Crippen LogP contribution in [0.25, 0.3) is 0 Å². The van der Waals surface area contributed by atoms with Gasteiger partial charge in [0, 0.05) is 51.8 Å². The van der Waals surface area contributed by atoms with Crippen LogP contribution >= 0.6 is 0 Å². The lowest BCUT2D eigenvalue weighted by atomic mass is 9.79. The van der Waals surface area contributed by atoms with Gasteiger partial charge in [0.25, 0.3) is 11.8 Å². The second kappa shape index (κ2) is 15.3. The topological polar surface area (TPSA) is 129 Å². The van der Waals surface area contributed by atoms with Gasteiger partial charge in [-0.15, -0.1) is 0 Å². The van der Waals surface area contributed by atoms with Crippen LogP contribution in [0.5, 0.6) is 0 Å². The standard InChI is InChI=1S/C33H46F3N7O4/c1-6-43-26(13-14-37-43)29(44)39-28(22-9-7-20(2)8-10-22)30(45)38-25-12-11-23(19-24(25)34)21(3)27(40-32(47)33(4,35)36)31(46)42-17-15-41(5)16-18-42/h11-14,19-22,27-28H,6-10,15-18H2,1-5H3,(H,38,45)(H,39,44)(H,40,47)/t20-,21-,22-,27+,28-/m0/s1. The molecule has 4 rings (SSSR count). The number of likely N-dealkylation sites (N-methyl/N-ethyl adjacent to an activating group) is 1. The van der Waals surface area contributed by atoms with Crippen molar-refractivity contribution in [3.8, 4) is 0 Å². The van der Waals surface area contributed by atoms with Gasteiger partial charge in [0.2, 0.25) is 11.8 Å². The average Bonchev–Trinajstić information content (AvgIpc) is 3.52. The molecular weight excluding hydrogens is 615 g/mol. The van der Waals surface area contributed by atoms with Crippen molar-refractivity contribution < 1.29 is 32.3 Å². The van der Waals surface area contributed by atoms with Gasteiger partial charge in [-0.25, -0.2) is 4.39 Å². The van der Waals surface area contributed by atoms with Gasteiger partial charge >= 0.3 is 5.92 Å². The van der Waals surface area contributed by atoms with E-state index in [0.717, 1.165) is 31.7 Å². The van der Waals surface area contributed by atoms with E-state index in [2.05, 4.69) is 28.0 Å². The van der Waals surface area contributed by atoms with Gasteiger partial charge in [-0.3, -0.25) is 23.9 Å². The van der Waals surface area contributed by atoms with E-state index in [9.17, 15) is 28.0 Å². The van der Waals surface area contributed by atoms with Crippen molar-refractivity contribution in [2.24, 2.45) is 11.8 Å². The second-order valence-electron chi connectivity index (χ2n) is 13.0. The SMILES string of the molecule is CCn1nccc1C(=O)N[C@H](C(=O)Nc1ccc([C@H](C)[C@@H](NC(=O)C(C)(F)F)C(=O)N2CCN(C)CC2)cc1F)[C@H]1CC[C@H](C)CC1. The van der Waals surface area contributed by atoms with E-state index >= 15 is 4.39 Å². The Kier molecular flexibility index (Phi) is 11.7. The van der Waals surface area contributed by atoms with Crippen LogP contribution in [-0.4, -0.2) is 94.4 Å². The number of alkyl halides is 2. The molecule has 0 unspecified atom stereocenters. The molecule has 1 aliphatic heterocycles. The first-order valence-electron chi connectivity index (χ1n) is 16.3. The molecule has 14 heteroatoms. The molecule has 11 nitrogen and oxygen atoms in total. The minimum absolute atomic E-state index is 0.140. The maximum Gasteiger partial charge on any atom is 0.321 e. The third-order valence-electron chi connectivity index (χ3n) is 9.39. The number of hydrogen-bond donors (Lipinski definition) is 3. The zero-order chi connectivity index (χ0) is 34.5. The lowest BCUT2D eigenvalue weighted by Gasteiger charge is -2.36. The normalized spacial score (nSPS) is 21.0. The molecule has 1 saturated heterocycles. The number of carbonyl (C=O) groups excluding carboxylic acids is 4. The molecule has 1 aromatic carbocycles. The van der Waals surface area contributed by atoms with Crippen molar-refractivity contribution in [3.05, 3.63) is 47.5 Å². The van der Waals surface area contributed by atoms with Crippen LogP contribution in [0.3, 0.4) is 0 Å². The summed E-state index contributed by atoms with van der Waals surface area (Å²) in [5.41, 5.74) is 0.443. The number of halogens is 3. The number of nitrogens with zero attached hydrogens (tertiary/aromatic N) is 4. The van der Waals surface area contributed by atoms with Crippen LogP contribution in [0.15, 0.2) is 30.5 Å². The molecule has 2 heterocycles. The maximum atomic E-state index is 15.6. The Balaban J connectivity index is 1.54. The van der Waals surface area contributed by atoms with Crippen LogP contribution in [0.4, 0.5) is 18.9 Å². The first kappa shape index (κ1) is 35.9. The van der Waals surface area contributed by atoms with Crippen molar-refractivity contribution in [2.75, 3.05) is 38.5 Å². The van der Waals surface area contributed by atoms with E-state index in [1.54, 1.807) is 13.0 Å². The summed E-state index contributed by atoms with van der Waals surface area (Å²) in [6.07, 6.45) is 4.74. The minimum Gasteiger partial charge on any atom is -0.339 e. The van der Waals surface area contributed by atoms with Gasteiger partial charge in [-0.2, -0.15) is 13.9 Å². The van der Waals surface area contributed by atoms with Gasteiger partial charge in [0.05, 0.1) is 5.69 Å². The second-order valence-corrected chi connectivity index (χ2v) is 13.0. The predicted octanol–water partition coefficient (Wildman–Crippen LogP) is 3.62. The molecule has 2 aliphatic rings. The number of aryl methyl sites for hydroxylation is 1. The Morgan fingerprint density at radius 1 is 1.02 bits per heavy atom. The molecule has 258 valence electrons. The number of aromatic nitrogens is 2.